The molecule has 0 unspecified atom stereocenters. The van der Waals surface area contributed by atoms with Crippen LogP contribution in [0.5, 0.6) is 0 Å². The van der Waals surface area contributed by atoms with Crippen molar-refractivity contribution in [2.24, 2.45) is 0 Å². The van der Waals surface area contributed by atoms with Crippen LogP contribution in [0.2, 0.25) is 0 Å². The maximum Gasteiger partial charge on any atom is 0.251 e. The van der Waals surface area contributed by atoms with Gasteiger partial charge in [-0.1, -0.05) is 22.0 Å². The van der Waals surface area contributed by atoms with Crippen LogP contribution >= 0.6 is 15.9 Å². The molecule has 1 aromatic carbocycles. The Bertz CT molecular complexity index is 364. The van der Waals surface area contributed by atoms with Gasteiger partial charge in [0.2, 0.25) is 0 Å². The topological polar surface area (TPSA) is 49.3 Å². The summed E-state index contributed by atoms with van der Waals surface area (Å²) in [7, 11) is 0. The third-order valence-electron chi connectivity index (χ3n) is 2.07. The van der Waals surface area contributed by atoms with Crippen LogP contribution in [-0.2, 0) is 0 Å². The highest BCUT2D eigenvalue weighted by molar-refractivity contribution is 9.10. The number of halogens is 1. The van der Waals surface area contributed by atoms with E-state index in [2.05, 4.69) is 21.2 Å². The summed E-state index contributed by atoms with van der Waals surface area (Å²) in [6.07, 6.45) is -0.526. The van der Waals surface area contributed by atoms with Crippen molar-refractivity contribution in [1.29, 1.82) is 0 Å². The third kappa shape index (κ3) is 3.32. The second-order valence-corrected chi connectivity index (χ2v) is 4.33. The van der Waals surface area contributed by atoms with Gasteiger partial charge >= 0.3 is 0 Å². The molecule has 0 aliphatic rings. The quantitative estimate of drug-likeness (QED) is 0.882. The Morgan fingerprint density at radius 2 is 2.27 bits per heavy atom. The van der Waals surface area contributed by atoms with Gasteiger partial charge in [-0.05, 0) is 31.5 Å². The summed E-state index contributed by atoms with van der Waals surface area (Å²) in [5.41, 5.74) is 1.53. The number of hydrogen-bond donors (Lipinski definition) is 2. The van der Waals surface area contributed by atoms with Crippen molar-refractivity contribution in [3.63, 3.8) is 0 Å². The van der Waals surface area contributed by atoms with Crippen LogP contribution < -0.4 is 5.32 Å². The number of hydrogen-bond acceptors (Lipinski definition) is 2. The van der Waals surface area contributed by atoms with Gasteiger partial charge in [0.1, 0.15) is 0 Å². The van der Waals surface area contributed by atoms with Crippen molar-refractivity contribution in [1.82, 2.24) is 5.32 Å². The number of carbonyl (C=O) groups excluding carboxylic acids is 1. The SMILES string of the molecule is Cc1c(Br)cccc1C(=O)NC[C@H](C)O. The Balaban J connectivity index is 2.78. The molecular weight excluding hydrogens is 258 g/mol. The molecular formula is C11H14BrNO2. The summed E-state index contributed by atoms with van der Waals surface area (Å²) in [4.78, 5) is 11.7. The molecule has 1 rings (SSSR count). The van der Waals surface area contributed by atoms with Crippen molar-refractivity contribution in [2.45, 2.75) is 20.0 Å². The zero-order chi connectivity index (χ0) is 11.4. The maximum atomic E-state index is 11.7. The molecule has 0 heterocycles. The second kappa shape index (κ2) is 5.28. The number of nitrogens with one attached hydrogen (secondary N) is 1. The fourth-order valence-corrected chi connectivity index (χ4v) is 1.56. The molecule has 1 atom stereocenters. The lowest BCUT2D eigenvalue weighted by molar-refractivity contribution is 0.0923. The third-order valence-corrected chi connectivity index (χ3v) is 2.93. The molecule has 0 saturated carbocycles. The highest BCUT2D eigenvalue weighted by Gasteiger charge is 2.10. The van der Waals surface area contributed by atoms with Crippen molar-refractivity contribution in [3.8, 4) is 0 Å². The first kappa shape index (κ1) is 12.2. The van der Waals surface area contributed by atoms with Gasteiger partial charge in [0.25, 0.3) is 5.91 Å². The van der Waals surface area contributed by atoms with E-state index in [9.17, 15) is 4.79 Å². The molecule has 0 aliphatic carbocycles. The fraction of sp³-hybridized carbons (Fsp3) is 0.364. The van der Waals surface area contributed by atoms with Crippen molar-refractivity contribution >= 4 is 21.8 Å². The Morgan fingerprint density at radius 3 is 2.87 bits per heavy atom. The Labute approximate surface area is 97.6 Å². The maximum absolute atomic E-state index is 11.7. The molecule has 0 fully saturated rings. The average molecular weight is 272 g/mol. The van der Waals surface area contributed by atoms with Gasteiger partial charge in [-0.2, -0.15) is 0 Å². The number of benzene rings is 1. The Kier molecular flexibility index (Phi) is 4.29. The van der Waals surface area contributed by atoms with Crippen LogP contribution in [0.15, 0.2) is 22.7 Å². The number of aliphatic hydroxyl groups is 1. The van der Waals surface area contributed by atoms with Gasteiger partial charge in [-0.25, -0.2) is 0 Å². The number of aliphatic hydroxyl groups excluding tert-OH is 1. The van der Waals surface area contributed by atoms with Crippen molar-refractivity contribution in [3.05, 3.63) is 33.8 Å². The lowest BCUT2D eigenvalue weighted by atomic mass is 10.1. The van der Waals surface area contributed by atoms with E-state index in [1.807, 2.05) is 19.1 Å². The predicted octanol–water partition coefficient (Wildman–Crippen LogP) is 1.87. The van der Waals surface area contributed by atoms with E-state index in [1.165, 1.54) is 0 Å². The number of rotatable bonds is 3. The summed E-state index contributed by atoms with van der Waals surface area (Å²) < 4.78 is 0.909. The Morgan fingerprint density at radius 1 is 1.60 bits per heavy atom. The molecule has 2 N–H and O–H groups in total. The fourth-order valence-electron chi connectivity index (χ4n) is 1.19. The van der Waals surface area contributed by atoms with E-state index in [0.29, 0.717) is 5.56 Å². The zero-order valence-corrected chi connectivity index (χ0v) is 10.3. The van der Waals surface area contributed by atoms with Gasteiger partial charge in [0.15, 0.2) is 0 Å². The number of amides is 1. The first-order chi connectivity index (χ1) is 7.02. The van der Waals surface area contributed by atoms with Crippen molar-refractivity contribution in [2.75, 3.05) is 6.54 Å². The van der Waals surface area contributed by atoms with Crippen LogP contribution in [0, 0.1) is 6.92 Å². The smallest absolute Gasteiger partial charge is 0.251 e. The van der Waals surface area contributed by atoms with E-state index in [4.69, 9.17) is 5.11 Å². The molecule has 0 aliphatic heterocycles. The van der Waals surface area contributed by atoms with Gasteiger partial charge in [0.05, 0.1) is 6.10 Å². The minimum absolute atomic E-state index is 0.158. The second-order valence-electron chi connectivity index (χ2n) is 3.47. The molecule has 1 amide bonds. The molecule has 0 spiro atoms. The van der Waals surface area contributed by atoms with E-state index < -0.39 is 6.10 Å². The summed E-state index contributed by atoms with van der Waals surface area (Å²) in [6, 6.07) is 5.46. The normalized spacial score (nSPS) is 12.3. The van der Waals surface area contributed by atoms with Crippen LogP contribution in [0.25, 0.3) is 0 Å². The molecule has 0 bridgehead atoms. The largest absolute Gasteiger partial charge is 0.392 e. The standard InChI is InChI=1S/C11H14BrNO2/c1-7(14)6-13-11(15)9-4-3-5-10(12)8(9)2/h3-5,7,14H,6H2,1-2H3,(H,13,15)/t7-/m0/s1. The molecule has 1 aromatic rings. The van der Waals surface area contributed by atoms with E-state index in [0.717, 1.165) is 10.0 Å². The van der Waals surface area contributed by atoms with E-state index in [1.54, 1.807) is 13.0 Å². The monoisotopic (exact) mass is 271 g/mol. The van der Waals surface area contributed by atoms with Gasteiger partial charge < -0.3 is 10.4 Å². The lowest BCUT2D eigenvalue weighted by Crippen LogP contribution is -2.31. The molecule has 15 heavy (non-hydrogen) atoms. The zero-order valence-electron chi connectivity index (χ0n) is 8.75. The molecule has 3 nitrogen and oxygen atoms in total. The van der Waals surface area contributed by atoms with Gasteiger partial charge in [0, 0.05) is 16.6 Å². The summed E-state index contributed by atoms with van der Waals surface area (Å²) in [5, 5.41) is 11.7. The first-order valence-electron chi connectivity index (χ1n) is 4.73. The minimum atomic E-state index is -0.526. The van der Waals surface area contributed by atoms with E-state index >= 15 is 0 Å². The average Bonchev–Trinajstić information content (AvgIpc) is 2.18. The summed E-state index contributed by atoms with van der Waals surface area (Å²) >= 11 is 3.36. The molecule has 0 saturated heterocycles. The van der Waals surface area contributed by atoms with Crippen LogP contribution in [-0.4, -0.2) is 23.7 Å². The predicted molar refractivity (Wildman–Crippen MR) is 62.9 cm³/mol. The molecule has 4 heteroatoms. The highest BCUT2D eigenvalue weighted by atomic mass is 79.9. The summed E-state index contributed by atoms with van der Waals surface area (Å²) in [6.45, 7) is 3.78. The van der Waals surface area contributed by atoms with Crippen molar-refractivity contribution < 1.29 is 9.90 Å². The number of carbonyl (C=O) groups is 1. The molecule has 0 aromatic heterocycles. The van der Waals surface area contributed by atoms with Gasteiger partial charge in [-0.3, -0.25) is 4.79 Å². The van der Waals surface area contributed by atoms with Crippen LogP contribution in [0.3, 0.4) is 0 Å². The molecule has 0 radical (unpaired) electrons. The minimum Gasteiger partial charge on any atom is -0.392 e. The first-order valence-corrected chi connectivity index (χ1v) is 5.53. The lowest BCUT2D eigenvalue weighted by Gasteiger charge is -2.09. The van der Waals surface area contributed by atoms with Crippen LogP contribution in [0.1, 0.15) is 22.8 Å². The van der Waals surface area contributed by atoms with Crippen LogP contribution in [0.4, 0.5) is 0 Å². The van der Waals surface area contributed by atoms with Gasteiger partial charge in [-0.15, -0.1) is 0 Å². The Hall–Kier alpha value is -0.870. The summed E-state index contributed by atoms with van der Waals surface area (Å²) in [5.74, 6) is -0.158. The molecule has 82 valence electrons. The highest BCUT2D eigenvalue weighted by Crippen LogP contribution is 2.19. The van der Waals surface area contributed by atoms with E-state index in [-0.39, 0.29) is 12.5 Å².